The van der Waals surface area contributed by atoms with Gasteiger partial charge in [-0.2, -0.15) is 0 Å². The van der Waals surface area contributed by atoms with Crippen LogP contribution in [-0.4, -0.2) is 233 Å². The molecule has 0 aromatic rings. The molecule has 494 valence electrons. The Hall–Kier alpha value is -5.71. The first-order valence-electron chi connectivity index (χ1n) is 31.4. The smallest absolute Gasteiger partial charge is 0.246 e. The second-order valence-electron chi connectivity index (χ2n) is 26.8. The molecule has 23 nitrogen and oxygen atoms in total. The molecule has 0 aliphatic carbocycles. The number of nitrogens with zero attached hydrogens (tertiary/aromatic N) is 7. The summed E-state index contributed by atoms with van der Waals surface area (Å²) in [5.41, 5.74) is 0. The van der Waals surface area contributed by atoms with Crippen molar-refractivity contribution in [3.8, 4) is 0 Å². The average Bonchev–Trinajstić information content (AvgIpc) is 1.77. The van der Waals surface area contributed by atoms with E-state index in [0.29, 0.717) is 19.3 Å². The van der Waals surface area contributed by atoms with E-state index in [1.54, 1.807) is 53.5 Å². The molecular formula is C63H115N11O12. The van der Waals surface area contributed by atoms with Crippen LogP contribution in [0.25, 0.3) is 0 Å². The van der Waals surface area contributed by atoms with Gasteiger partial charge in [-0.3, -0.25) is 57.6 Å². The van der Waals surface area contributed by atoms with E-state index in [1.807, 2.05) is 62.3 Å². The molecule has 86 heavy (non-hydrogen) atoms. The zero-order valence-corrected chi connectivity index (χ0v) is 57.0. The zero-order chi connectivity index (χ0) is 66.7. The monoisotopic (exact) mass is 1220 g/mol. The van der Waals surface area contributed by atoms with Crippen LogP contribution in [0.15, 0.2) is 0 Å². The Morgan fingerprint density at radius 1 is 0.465 bits per heavy atom. The van der Waals surface area contributed by atoms with E-state index in [2.05, 4.69) is 21.3 Å². The molecule has 1 saturated heterocycles. The van der Waals surface area contributed by atoms with Gasteiger partial charge in [-0.25, -0.2) is 0 Å². The summed E-state index contributed by atoms with van der Waals surface area (Å²) in [5.74, 6) is -8.47. The first kappa shape index (κ1) is 78.3. The lowest BCUT2D eigenvalue weighted by atomic mass is 9.91. The molecule has 0 saturated carbocycles. The highest BCUT2D eigenvalue weighted by Gasteiger charge is 2.44. The Labute approximate surface area is 515 Å². The average molecular weight is 1220 g/mol. The Morgan fingerprint density at radius 3 is 1.40 bits per heavy atom. The van der Waals surface area contributed by atoms with Crippen LogP contribution in [0.2, 0.25) is 0 Å². The SMILES string of the molecule is CCCC(C)C(O)C1C(=O)NC(CC)C(=O)N(C)CC(=O)N(C)C(CC(C)C)C(=O)NC(C(C)C)C(=O)N(C)C(CC(C)C)C(=O)NC(C)C(=O)NC(C)C(=O)N(C)C(CC(C)C)C(=O)CCN(C)C(CC(C)C)C(=O)N(C)C(C(C)C)C(=O)N1C. The molecule has 1 aliphatic heterocycles. The Bertz CT molecular complexity index is 2290. The summed E-state index contributed by atoms with van der Waals surface area (Å²) in [7, 11) is 10.4. The zero-order valence-electron chi connectivity index (χ0n) is 57.0. The predicted molar refractivity (Wildman–Crippen MR) is 333 cm³/mol. The van der Waals surface area contributed by atoms with Crippen molar-refractivity contribution in [3.63, 3.8) is 0 Å². The summed E-state index contributed by atoms with van der Waals surface area (Å²) >= 11 is 0. The van der Waals surface area contributed by atoms with Gasteiger partial charge in [0.2, 0.25) is 59.1 Å². The minimum atomic E-state index is -1.54. The van der Waals surface area contributed by atoms with Crippen LogP contribution < -0.4 is 21.3 Å². The second kappa shape index (κ2) is 35.9. The minimum absolute atomic E-state index is 0.0183. The van der Waals surface area contributed by atoms with E-state index < -0.39 is 150 Å². The van der Waals surface area contributed by atoms with Crippen molar-refractivity contribution < 1.29 is 57.8 Å². The molecule has 1 fully saturated rings. The summed E-state index contributed by atoms with van der Waals surface area (Å²) in [6.45, 7) is 30.0. The lowest BCUT2D eigenvalue weighted by Gasteiger charge is -2.41. The van der Waals surface area contributed by atoms with Gasteiger partial charge in [0, 0.05) is 55.3 Å². The molecule has 1 rings (SSSR count). The summed E-state index contributed by atoms with van der Waals surface area (Å²) in [4.78, 5) is 168. The number of Topliss-reactive ketones (excluding diaryl/α,β-unsaturated/α-hetero) is 1. The van der Waals surface area contributed by atoms with Gasteiger partial charge in [0.1, 0.15) is 48.3 Å². The van der Waals surface area contributed by atoms with Gasteiger partial charge in [-0.15, -0.1) is 0 Å². The first-order valence-corrected chi connectivity index (χ1v) is 31.4. The fourth-order valence-electron chi connectivity index (χ4n) is 11.2. The van der Waals surface area contributed by atoms with Crippen molar-refractivity contribution in [2.75, 3.05) is 62.4 Å². The molecule has 23 heteroatoms. The fourth-order valence-corrected chi connectivity index (χ4v) is 11.2. The van der Waals surface area contributed by atoms with Gasteiger partial charge in [-0.05, 0) is 101 Å². The van der Waals surface area contributed by atoms with Gasteiger partial charge in [0.15, 0.2) is 5.78 Å². The third kappa shape index (κ3) is 22.5. The normalized spacial score (nSPS) is 27.1. The number of ketones is 1. The molecule has 12 unspecified atom stereocenters. The van der Waals surface area contributed by atoms with Crippen LogP contribution >= 0.6 is 0 Å². The van der Waals surface area contributed by atoms with Crippen LogP contribution in [0.1, 0.15) is 169 Å². The highest BCUT2D eigenvalue weighted by molar-refractivity contribution is 5.99. The van der Waals surface area contributed by atoms with E-state index in [1.165, 1.54) is 75.7 Å². The number of aliphatic hydroxyl groups excluding tert-OH is 1. The Balaban J connectivity index is 4.20. The standard InChI is InChI=1S/C63H115N11O12/c1-25-27-41(15)54(77)53-58(81)66-44(26-2)60(83)69(19)34-50(76)70(20)46(31-36(5)6)57(80)67-51(39(11)12)62(85)72(22)47(32-37(7)8)56(79)64-42(16)55(78)65-43(17)59(82)71(21)45(30-35(3)4)49(75)28-29-68(18)48(33-38(9)10)61(84)73(23)52(40(13)14)63(86)74(53)24/h35-48,51-54,77H,25-34H2,1-24H3,(H,64,79)(H,65,78)(H,66,81)(H,67,80). The van der Waals surface area contributed by atoms with Crippen molar-refractivity contribution >= 4 is 64.9 Å². The van der Waals surface area contributed by atoms with E-state index in [0.717, 1.165) is 9.80 Å². The maximum Gasteiger partial charge on any atom is 0.246 e. The molecule has 1 heterocycles. The highest BCUT2D eigenvalue weighted by Crippen LogP contribution is 2.25. The molecular weight excluding hydrogens is 1100 g/mol. The maximum atomic E-state index is 15.0. The van der Waals surface area contributed by atoms with E-state index in [4.69, 9.17) is 0 Å². The maximum absolute atomic E-state index is 15.0. The summed E-state index contributed by atoms with van der Waals surface area (Å²) in [6, 6.07) is -11.4. The minimum Gasteiger partial charge on any atom is -0.390 e. The number of carbonyl (C=O) groups excluding carboxylic acids is 11. The third-order valence-electron chi connectivity index (χ3n) is 16.6. The first-order chi connectivity index (χ1) is 39.7. The number of rotatable bonds is 15. The van der Waals surface area contributed by atoms with Crippen molar-refractivity contribution in [1.29, 1.82) is 0 Å². The lowest BCUT2D eigenvalue weighted by Crippen LogP contribution is -2.63. The lowest BCUT2D eigenvalue weighted by molar-refractivity contribution is -0.155. The number of carbonyl (C=O) groups is 11. The molecule has 0 bridgehead atoms. The predicted octanol–water partition coefficient (Wildman–Crippen LogP) is 3.54. The molecule has 10 amide bonds. The molecule has 1 aliphatic rings. The number of amides is 10. The van der Waals surface area contributed by atoms with Crippen molar-refractivity contribution in [2.45, 2.75) is 236 Å². The van der Waals surface area contributed by atoms with Crippen LogP contribution in [-0.2, 0) is 52.7 Å². The summed E-state index contributed by atoms with van der Waals surface area (Å²) in [6.07, 6.45) is 0.650. The van der Waals surface area contributed by atoms with Gasteiger partial charge >= 0.3 is 0 Å². The highest BCUT2D eigenvalue weighted by atomic mass is 16.3. The van der Waals surface area contributed by atoms with Crippen LogP contribution in [0, 0.1) is 41.4 Å². The third-order valence-corrected chi connectivity index (χ3v) is 16.6. The molecule has 12 atom stereocenters. The summed E-state index contributed by atoms with van der Waals surface area (Å²) in [5, 5.41) is 23.1. The fraction of sp³-hybridized carbons (Fsp3) is 0.825. The number of nitrogens with one attached hydrogen (secondary N) is 4. The number of hydrogen-bond donors (Lipinski definition) is 5. The van der Waals surface area contributed by atoms with Gasteiger partial charge in [0.05, 0.1) is 24.7 Å². The van der Waals surface area contributed by atoms with Gasteiger partial charge < -0.3 is 55.8 Å². The van der Waals surface area contributed by atoms with E-state index in [-0.39, 0.29) is 68.1 Å². The molecule has 0 aromatic carbocycles. The van der Waals surface area contributed by atoms with Crippen molar-refractivity contribution in [2.24, 2.45) is 41.4 Å². The Morgan fingerprint density at radius 2 is 0.919 bits per heavy atom. The van der Waals surface area contributed by atoms with Crippen LogP contribution in [0.4, 0.5) is 0 Å². The van der Waals surface area contributed by atoms with E-state index >= 15 is 4.79 Å². The number of likely N-dealkylation sites (N-methyl/N-ethyl adjacent to an activating group) is 7. The molecule has 0 spiro atoms. The molecule has 0 radical (unpaired) electrons. The Kier molecular flexibility index (Phi) is 32.7. The van der Waals surface area contributed by atoms with Crippen LogP contribution in [0.5, 0.6) is 0 Å². The topological polar surface area (TPSA) is 279 Å². The van der Waals surface area contributed by atoms with Gasteiger partial charge in [0.25, 0.3) is 0 Å². The van der Waals surface area contributed by atoms with Gasteiger partial charge in [-0.1, -0.05) is 110 Å². The molecule has 0 aromatic heterocycles. The van der Waals surface area contributed by atoms with Crippen LogP contribution in [0.3, 0.4) is 0 Å². The largest absolute Gasteiger partial charge is 0.390 e. The summed E-state index contributed by atoms with van der Waals surface area (Å²) < 4.78 is 0. The molecule has 5 N–H and O–H groups in total. The van der Waals surface area contributed by atoms with Crippen molar-refractivity contribution in [3.05, 3.63) is 0 Å². The second-order valence-corrected chi connectivity index (χ2v) is 26.8. The van der Waals surface area contributed by atoms with E-state index in [9.17, 15) is 53.1 Å². The number of hydrogen-bond acceptors (Lipinski definition) is 13. The quantitative estimate of drug-likeness (QED) is 0.157. The number of aliphatic hydroxyl groups is 1. The van der Waals surface area contributed by atoms with Crippen molar-refractivity contribution in [1.82, 2.24) is 55.6 Å².